The number of methoxy groups -OCH3 is 3. The molecule has 42 heavy (non-hydrogen) atoms. The number of para-hydroxylation sites is 1. The molecule has 0 aliphatic heterocycles. The fourth-order valence-corrected chi connectivity index (χ4v) is 5.16. The molecule has 0 aliphatic carbocycles. The Morgan fingerprint density at radius 2 is 1.71 bits per heavy atom. The Hall–Kier alpha value is -5.37. The van der Waals surface area contributed by atoms with Crippen LogP contribution in [0.4, 0.5) is 11.6 Å². The normalized spacial score (nSPS) is 11.8. The molecule has 0 fully saturated rings. The van der Waals surface area contributed by atoms with Gasteiger partial charge < -0.3 is 18.6 Å². The van der Waals surface area contributed by atoms with Crippen molar-refractivity contribution in [1.82, 2.24) is 14.0 Å². The van der Waals surface area contributed by atoms with Crippen LogP contribution in [0, 0.1) is 17.0 Å². The molecule has 0 unspecified atom stereocenters. The second-order valence-corrected chi connectivity index (χ2v) is 9.67. The van der Waals surface area contributed by atoms with Crippen LogP contribution in [0.1, 0.15) is 11.5 Å². The minimum Gasteiger partial charge on any atom is -0.493 e. The minimum absolute atomic E-state index is 0.157. The highest BCUT2D eigenvalue weighted by Crippen LogP contribution is 2.41. The summed E-state index contributed by atoms with van der Waals surface area (Å²) in [7, 11) is 6.33. The van der Waals surface area contributed by atoms with Crippen molar-refractivity contribution in [2.45, 2.75) is 6.92 Å². The first-order valence-corrected chi connectivity index (χ1v) is 13.3. The second kappa shape index (κ2) is 11.6. The van der Waals surface area contributed by atoms with Crippen LogP contribution in [0.25, 0.3) is 16.9 Å². The van der Waals surface area contributed by atoms with E-state index in [4.69, 9.17) is 23.6 Å². The van der Waals surface area contributed by atoms with Gasteiger partial charge in [0, 0.05) is 18.0 Å². The van der Waals surface area contributed by atoms with Gasteiger partial charge >= 0.3 is 5.88 Å². The molecule has 0 radical (unpaired) electrons. The van der Waals surface area contributed by atoms with Crippen LogP contribution in [0.2, 0.25) is 0 Å². The van der Waals surface area contributed by atoms with Gasteiger partial charge in [0.1, 0.15) is 4.92 Å². The van der Waals surface area contributed by atoms with Gasteiger partial charge in [-0.25, -0.2) is 14.4 Å². The number of aromatic nitrogens is 3. The molecule has 0 saturated carbocycles. The summed E-state index contributed by atoms with van der Waals surface area (Å²) in [6.07, 6.45) is 1.33. The Balaban J connectivity index is 1.72. The van der Waals surface area contributed by atoms with E-state index >= 15 is 0 Å². The third-order valence-corrected chi connectivity index (χ3v) is 7.29. The number of hydrogen-bond acceptors (Lipinski definition) is 10. The van der Waals surface area contributed by atoms with E-state index in [1.54, 1.807) is 23.9 Å². The summed E-state index contributed by atoms with van der Waals surface area (Å²) in [5, 5.41) is 17.5. The highest BCUT2D eigenvalue weighted by atomic mass is 32.1. The summed E-state index contributed by atoms with van der Waals surface area (Å²) in [5.41, 5.74) is 2.50. The largest absolute Gasteiger partial charge is 0.493 e. The molecule has 5 rings (SSSR count). The van der Waals surface area contributed by atoms with E-state index in [2.05, 4.69) is 5.10 Å². The van der Waals surface area contributed by atoms with Gasteiger partial charge in [0.15, 0.2) is 22.9 Å². The zero-order valence-corrected chi connectivity index (χ0v) is 24.1. The Morgan fingerprint density at radius 3 is 2.31 bits per heavy atom. The molecule has 14 heteroatoms. The summed E-state index contributed by atoms with van der Waals surface area (Å²) in [6.45, 7) is 1.81. The van der Waals surface area contributed by atoms with Crippen molar-refractivity contribution >= 4 is 29.1 Å². The highest BCUT2D eigenvalue weighted by molar-refractivity contribution is 7.07. The first-order chi connectivity index (χ1) is 20.3. The Kier molecular flexibility index (Phi) is 7.80. The molecule has 3 heterocycles. The van der Waals surface area contributed by atoms with Crippen LogP contribution in [0.15, 0.2) is 79.3 Å². The smallest absolute Gasteiger partial charge is 0.433 e. The first-order valence-electron chi connectivity index (χ1n) is 12.5. The van der Waals surface area contributed by atoms with Crippen molar-refractivity contribution in [3.8, 4) is 34.2 Å². The number of rotatable bonds is 9. The molecule has 0 saturated heterocycles. The highest BCUT2D eigenvalue weighted by Gasteiger charge is 2.19. The van der Waals surface area contributed by atoms with Gasteiger partial charge in [0.05, 0.1) is 50.7 Å². The molecular weight excluding hydrogens is 564 g/mol. The minimum atomic E-state index is -0.632. The van der Waals surface area contributed by atoms with Gasteiger partial charge in [-0.3, -0.25) is 19.6 Å². The van der Waals surface area contributed by atoms with E-state index in [1.165, 1.54) is 60.4 Å². The molecule has 3 aromatic heterocycles. The fourth-order valence-electron chi connectivity index (χ4n) is 4.32. The van der Waals surface area contributed by atoms with E-state index in [9.17, 15) is 14.9 Å². The number of ether oxygens (including phenoxy) is 3. The van der Waals surface area contributed by atoms with Crippen molar-refractivity contribution in [3.63, 3.8) is 0 Å². The molecule has 0 N–H and O–H groups in total. The van der Waals surface area contributed by atoms with Gasteiger partial charge in [-0.05, 0) is 37.3 Å². The standard InChI is InChI=1S/C28H26N6O7S/c1-17-25(27(35)33(31(17)2)19-9-7-6-8-10-19)30-28-32(29-15-20-11-12-24(41-20)34(36)37)21(16-42-28)18-13-22(38-3)26(40-5)23(14-18)39-4/h6-16H,1-5H3. The molecule has 5 aromatic rings. The lowest BCUT2D eigenvalue weighted by molar-refractivity contribution is -0.402. The van der Waals surface area contributed by atoms with Crippen LogP contribution in [0.5, 0.6) is 17.2 Å². The van der Waals surface area contributed by atoms with Crippen molar-refractivity contribution in [1.29, 1.82) is 0 Å². The van der Waals surface area contributed by atoms with Crippen molar-refractivity contribution in [2.75, 3.05) is 21.3 Å². The topological polar surface area (TPSA) is 141 Å². The van der Waals surface area contributed by atoms with Gasteiger partial charge in [-0.2, -0.15) is 5.10 Å². The zero-order valence-electron chi connectivity index (χ0n) is 23.3. The van der Waals surface area contributed by atoms with E-state index < -0.39 is 10.8 Å². The average molecular weight is 591 g/mol. The van der Waals surface area contributed by atoms with Crippen molar-refractivity contribution < 1.29 is 23.6 Å². The van der Waals surface area contributed by atoms with Crippen LogP contribution < -0.4 is 24.6 Å². The summed E-state index contributed by atoms with van der Waals surface area (Å²) in [5.74, 6) is 1.02. The maximum absolute atomic E-state index is 13.6. The molecule has 2 aromatic carbocycles. The summed E-state index contributed by atoms with van der Waals surface area (Å²) in [4.78, 5) is 29.1. The van der Waals surface area contributed by atoms with E-state index in [1.807, 2.05) is 42.6 Å². The number of thiazole rings is 1. The first kappa shape index (κ1) is 28.2. The number of furan rings is 1. The van der Waals surface area contributed by atoms with Gasteiger partial charge in [0.2, 0.25) is 10.6 Å². The van der Waals surface area contributed by atoms with Crippen LogP contribution in [0.3, 0.4) is 0 Å². The Morgan fingerprint density at radius 1 is 1.02 bits per heavy atom. The van der Waals surface area contributed by atoms with E-state index in [0.29, 0.717) is 44.7 Å². The van der Waals surface area contributed by atoms with Gasteiger partial charge in [-0.15, -0.1) is 11.3 Å². The Bertz CT molecular complexity index is 1900. The van der Waals surface area contributed by atoms with Crippen LogP contribution in [-0.4, -0.2) is 46.5 Å². The number of nitrogens with zero attached hydrogens (tertiary/aromatic N) is 6. The molecule has 0 spiro atoms. The second-order valence-electron chi connectivity index (χ2n) is 8.83. The lowest BCUT2D eigenvalue weighted by atomic mass is 10.1. The molecule has 13 nitrogen and oxygen atoms in total. The van der Waals surface area contributed by atoms with Crippen LogP contribution in [-0.2, 0) is 7.05 Å². The van der Waals surface area contributed by atoms with Crippen molar-refractivity contribution in [2.24, 2.45) is 17.1 Å². The van der Waals surface area contributed by atoms with Crippen molar-refractivity contribution in [3.05, 3.63) is 96.7 Å². The SMILES string of the molecule is COc1cc(-c2csc(=Nc3c(C)n(C)n(-c4ccccc4)c3=O)n2N=Cc2ccc([N+](=O)[O-])o2)cc(OC)c1OC. The maximum Gasteiger partial charge on any atom is 0.433 e. The zero-order chi connectivity index (χ0) is 30.0. The summed E-state index contributed by atoms with van der Waals surface area (Å²) < 4.78 is 26.6. The molecule has 0 bridgehead atoms. The van der Waals surface area contributed by atoms with Gasteiger partial charge in [-0.1, -0.05) is 18.2 Å². The summed E-state index contributed by atoms with van der Waals surface area (Å²) in [6, 6.07) is 15.4. The summed E-state index contributed by atoms with van der Waals surface area (Å²) >= 11 is 1.25. The molecule has 0 amide bonds. The molecular formula is C28H26N6O7S. The fraction of sp³-hybridized carbons (Fsp3) is 0.179. The maximum atomic E-state index is 13.6. The predicted molar refractivity (Wildman–Crippen MR) is 157 cm³/mol. The molecule has 216 valence electrons. The third kappa shape index (κ3) is 5.10. The lowest BCUT2D eigenvalue weighted by Crippen LogP contribution is -2.19. The van der Waals surface area contributed by atoms with Gasteiger partial charge in [0.25, 0.3) is 5.56 Å². The Labute approximate surface area is 242 Å². The van der Waals surface area contributed by atoms with E-state index in [0.717, 1.165) is 0 Å². The van der Waals surface area contributed by atoms with Crippen LogP contribution >= 0.6 is 11.3 Å². The number of nitro groups is 1. The predicted octanol–water partition coefficient (Wildman–Crippen LogP) is 4.66. The number of hydrogen-bond donors (Lipinski definition) is 0. The quantitative estimate of drug-likeness (QED) is 0.138. The average Bonchev–Trinajstić information content (AvgIpc) is 3.69. The molecule has 0 aliphatic rings. The lowest BCUT2D eigenvalue weighted by Gasteiger charge is -2.14. The number of benzene rings is 2. The molecule has 0 atom stereocenters. The van der Waals surface area contributed by atoms with E-state index in [-0.39, 0.29) is 17.0 Å². The monoisotopic (exact) mass is 590 g/mol. The third-order valence-electron chi connectivity index (χ3n) is 6.47.